The zero-order valence-electron chi connectivity index (χ0n) is 17.4. The van der Waals surface area contributed by atoms with Crippen LogP contribution in [0.3, 0.4) is 0 Å². The molecule has 0 N–H and O–H groups in total. The van der Waals surface area contributed by atoms with Crippen LogP contribution in [0.5, 0.6) is 0 Å². The minimum atomic E-state index is -4.55. The van der Waals surface area contributed by atoms with Crippen LogP contribution < -0.4 is 4.90 Å². The van der Waals surface area contributed by atoms with Crippen molar-refractivity contribution >= 4 is 34.0 Å². The summed E-state index contributed by atoms with van der Waals surface area (Å²) in [5, 5.41) is 12.6. The van der Waals surface area contributed by atoms with Crippen molar-refractivity contribution in [3.63, 3.8) is 0 Å². The topological polar surface area (TPSA) is 103 Å². The van der Waals surface area contributed by atoms with E-state index in [9.17, 15) is 22.8 Å². The smallest absolute Gasteiger partial charge is 0.416 e. The van der Waals surface area contributed by atoms with Crippen LogP contribution in [-0.2, 0) is 22.3 Å². The summed E-state index contributed by atoms with van der Waals surface area (Å²) < 4.78 is 45.9. The van der Waals surface area contributed by atoms with Gasteiger partial charge < -0.3 is 4.74 Å². The lowest BCUT2D eigenvalue weighted by Crippen LogP contribution is -2.23. The van der Waals surface area contributed by atoms with Crippen LogP contribution in [0, 0.1) is 0 Å². The van der Waals surface area contributed by atoms with Crippen LogP contribution >= 0.6 is 11.3 Å². The number of hydrogen-bond acceptors (Lipinski definition) is 8. The molecular formula is C21H15F3N6O3S. The lowest BCUT2D eigenvalue weighted by Gasteiger charge is -2.19. The summed E-state index contributed by atoms with van der Waals surface area (Å²) in [5.74, 6) is -1.14. The first-order valence-corrected chi connectivity index (χ1v) is 10.5. The van der Waals surface area contributed by atoms with Gasteiger partial charge in [0, 0.05) is 12.3 Å². The summed E-state index contributed by atoms with van der Waals surface area (Å²) >= 11 is 1.04. The van der Waals surface area contributed by atoms with E-state index in [-0.39, 0.29) is 23.0 Å². The monoisotopic (exact) mass is 488 g/mol. The molecule has 9 nitrogen and oxygen atoms in total. The molecule has 0 aliphatic rings. The number of alkyl halides is 3. The predicted octanol–water partition coefficient (Wildman–Crippen LogP) is 4.18. The maximum absolute atomic E-state index is 13.1. The van der Waals surface area contributed by atoms with E-state index in [4.69, 9.17) is 4.74 Å². The van der Waals surface area contributed by atoms with E-state index in [0.29, 0.717) is 11.4 Å². The number of esters is 1. The van der Waals surface area contributed by atoms with E-state index in [1.165, 1.54) is 30.1 Å². The van der Waals surface area contributed by atoms with Crippen molar-refractivity contribution in [2.75, 3.05) is 4.90 Å². The Hall–Kier alpha value is -4.13. The highest BCUT2D eigenvalue weighted by Gasteiger charge is 2.31. The van der Waals surface area contributed by atoms with Gasteiger partial charge in [-0.05, 0) is 46.8 Å². The van der Waals surface area contributed by atoms with Gasteiger partial charge in [-0.25, -0.2) is 14.5 Å². The first kappa shape index (κ1) is 23.0. The number of anilines is 2. The second-order valence-corrected chi connectivity index (χ2v) is 7.74. The van der Waals surface area contributed by atoms with Gasteiger partial charge in [0.15, 0.2) is 5.13 Å². The molecule has 0 saturated heterocycles. The molecule has 0 fully saturated rings. The molecule has 0 bridgehead atoms. The molecule has 4 rings (SSSR count). The fraction of sp³-hybridized carbons (Fsp3) is 0.143. The number of benzene rings is 2. The Bertz CT molecular complexity index is 1320. The van der Waals surface area contributed by atoms with Gasteiger partial charge in [0.1, 0.15) is 12.9 Å². The highest BCUT2D eigenvalue weighted by molar-refractivity contribution is 7.14. The number of halogens is 3. The Morgan fingerprint density at radius 2 is 1.94 bits per heavy atom. The molecule has 0 radical (unpaired) electrons. The number of rotatable bonds is 6. The van der Waals surface area contributed by atoms with Gasteiger partial charge in [-0.15, -0.1) is 16.4 Å². The minimum absolute atomic E-state index is 0.0274. The average molecular weight is 488 g/mol. The normalized spacial score (nSPS) is 11.3. The molecule has 2 aromatic carbocycles. The van der Waals surface area contributed by atoms with E-state index in [1.54, 1.807) is 29.6 Å². The second-order valence-electron chi connectivity index (χ2n) is 6.90. The van der Waals surface area contributed by atoms with Gasteiger partial charge >= 0.3 is 12.1 Å². The van der Waals surface area contributed by atoms with Gasteiger partial charge in [0.2, 0.25) is 5.91 Å². The van der Waals surface area contributed by atoms with E-state index in [1.807, 2.05) is 0 Å². The highest BCUT2D eigenvalue weighted by Crippen LogP contribution is 2.35. The summed E-state index contributed by atoms with van der Waals surface area (Å²) in [6.45, 7) is 1.03. The summed E-state index contributed by atoms with van der Waals surface area (Å²) in [6.07, 6.45) is -3.17. The second kappa shape index (κ2) is 9.39. The maximum Gasteiger partial charge on any atom is 0.416 e. The van der Waals surface area contributed by atoms with Crippen LogP contribution in [0.4, 0.5) is 24.0 Å². The highest BCUT2D eigenvalue weighted by atomic mass is 32.1. The Morgan fingerprint density at radius 1 is 1.15 bits per heavy atom. The number of tetrazole rings is 1. The molecule has 0 aliphatic heterocycles. The van der Waals surface area contributed by atoms with Crippen LogP contribution in [0.1, 0.15) is 28.5 Å². The third-order valence-corrected chi connectivity index (χ3v) is 5.40. The van der Waals surface area contributed by atoms with E-state index in [2.05, 4.69) is 20.5 Å². The summed E-state index contributed by atoms with van der Waals surface area (Å²) in [6, 6.07) is 10.9. The van der Waals surface area contributed by atoms with Crippen molar-refractivity contribution in [2.24, 2.45) is 0 Å². The lowest BCUT2D eigenvalue weighted by molar-refractivity contribution is -0.137. The van der Waals surface area contributed by atoms with Crippen molar-refractivity contribution in [3.05, 3.63) is 77.1 Å². The molecule has 0 atom stereocenters. The van der Waals surface area contributed by atoms with Gasteiger partial charge in [-0.1, -0.05) is 12.1 Å². The predicted molar refractivity (Wildman–Crippen MR) is 115 cm³/mol. The molecule has 4 aromatic rings. The fourth-order valence-electron chi connectivity index (χ4n) is 2.99. The number of thiazole rings is 1. The summed E-state index contributed by atoms with van der Waals surface area (Å²) in [7, 11) is 0. The van der Waals surface area contributed by atoms with Crippen LogP contribution in [0.15, 0.2) is 60.2 Å². The van der Waals surface area contributed by atoms with Gasteiger partial charge in [-0.2, -0.15) is 13.2 Å². The SMILES string of the molecule is CC(=O)N(c1cccc(C(F)(F)F)c1)c1nc(COC(=O)c2cccc(-n3cnnn3)c2)cs1. The van der Waals surface area contributed by atoms with Gasteiger partial charge in [-0.3, -0.25) is 9.69 Å². The number of nitrogens with zero attached hydrogens (tertiary/aromatic N) is 6. The third-order valence-electron chi connectivity index (χ3n) is 4.52. The summed E-state index contributed by atoms with van der Waals surface area (Å²) in [5.41, 5.74) is 0.306. The molecule has 0 spiro atoms. The Kier molecular flexibility index (Phi) is 6.36. The van der Waals surface area contributed by atoms with Crippen LogP contribution in [0.25, 0.3) is 5.69 Å². The molecule has 0 saturated carbocycles. The standard InChI is InChI=1S/C21H15F3N6O3S/c1-13(31)30(18-7-3-5-15(9-18)21(22,23)24)20-26-16(11-34-20)10-33-19(32)14-4-2-6-17(8-14)29-12-25-27-28-29/h2-9,11-12H,10H2,1H3. The number of aromatic nitrogens is 5. The molecule has 0 unspecified atom stereocenters. The van der Waals surface area contributed by atoms with Crippen molar-refractivity contribution in [2.45, 2.75) is 19.7 Å². The first-order chi connectivity index (χ1) is 16.2. The number of hydrogen-bond donors (Lipinski definition) is 0. The molecule has 2 aromatic heterocycles. The van der Waals surface area contributed by atoms with Crippen molar-refractivity contribution in [3.8, 4) is 5.69 Å². The van der Waals surface area contributed by atoms with E-state index >= 15 is 0 Å². The zero-order valence-corrected chi connectivity index (χ0v) is 18.2. The quantitative estimate of drug-likeness (QED) is 0.375. The van der Waals surface area contributed by atoms with Gasteiger partial charge in [0.25, 0.3) is 0 Å². The fourth-order valence-corrected chi connectivity index (χ4v) is 3.86. The zero-order chi connectivity index (χ0) is 24.3. The lowest BCUT2D eigenvalue weighted by atomic mass is 10.2. The number of ether oxygens (including phenoxy) is 1. The van der Waals surface area contributed by atoms with Crippen molar-refractivity contribution < 1.29 is 27.5 Å². The van der Waals surface area contributed by atoms with E-state index in [0.717, 1.165) is 28.4 Å². The van der Waals surface area contributed by atoms with E-state index < -0.39 is 23.6 Å². The minimum Gasteiger partial charge on any atom is -0.456 e. The number of amides is 1. The largest absolute Gasteiger partial charge is 0.456 e. The molecule has 13 heteroatoms. The Morgan fingerprint density at radius 3 is 2.65 bits per heavy atom. The van der Waals surface area contributed by atoms with Crippen molar-refractivity contribution in [1.82, 2.24) is 25.2 Å². The molecule has 2 heterocycles. The average Bonchev–Trinajstić information content (AvgIpc) is 3.50. The Labute approximate surface area is 194 Å². The van der Waals surface area contributed by atoms with Crippen LogP contribution in [-0.4, -0.2) is 37.1 Å². The van der Waals surface area contributed by atoms with Crippen LogP contribution in [0.2, 0.25) is 0 Å². The number of carbonyl (C=O) groups excluding carboxylic acids is 2. The van der Waals surface area contributed by atoms with Crippen molar-refractivity contribution in [1.29, 1.82) is 0 Å². The maximum atomic E-state index is 13.1. The third kappa shape index (κ3) is 5.09. The molecule has 0 aliphatic carbocycles. The van der Waals surface area contributed by atoms with Gasteiger partial charge in [0.05, 0.1) is 28.2 Å². The molecule has 174 valence electrons. The first-order valence-electron chi connectivity index (χ1n) is 9.65. The molecular weight excluding hydrogens is 473 g/mol. The Balaban J connectivity index is 1.48. The summed E-state index contributed by atoms with van der Waals surface area (Å²) in [4.78, 5) is 30.0. The molecule has 34 heavy (non-hydrogen) atoms. The molecule has 1 amide bonds. The number of carbonyl (C=O) groups is 2.